The van der Waals surface area contributed by atoms with E-state index in [2.05, 4.69) is 10.2 Å². The summed E-state index contributed by atoms with van der Waals surface area (Å²) in [6, 6.07) is 6.48. The number of nitrogen functional groups attached to an aromatic ring is 1. The number of nitrogens with zero attached hydrogens (tertiary/aromatic N) is 1. The molecule has 0 aliphatic heterocycles. The Morgan fingerprint density at radius 1 is 1.40 bits per heavy atom. The number of benzene rings is 1. The molecule has 1 heterocycles. The van der Waals surface area contributed by atoms with Crippen LogP contribution in [-0.4, -0.2) is 15.3 Å². The van der Waals surface area contributed by atoms with Gasteiger partial charge in [0.1, 0.15) is 11.4 Å². The van der Waals surface area contributed by atoms with Gasteiger partial charge in [-0.2, -0.15) is 5.10 Å². The van der Waals surface area contributed by atoms with Crippen molar-refractivity contribution >= 4 is 5.69 Å². The highest BCUT2D eigenvalue weighted by Crippen LogP contribution is 2.24. The number of phenolic OH excluding ortho intramolecular Hbond substituents is 1. The molecule has 0 aliphatic rings. The minimum atomic E-state index is -0.434. The molecule has 0 radical (unpaired) electrons. The summed E-state index contributed by atoms with van der Waals surface area (Å²) in [4.78, 5) is 11.2. The second-order valence-corrected chi connectivity index (χ2v) is 3.08. The number of aromatic nitrogens is 2. The number of aromatic hydroxyl groups is 1. The van der Waals surface area contributed by atoms with Gasteiger partial charge < -0.3 is 10.8 Å². The van der Waals surface area contributed by atoms with Gasteiger partial charge in [0.25, 0.3) is 5.56 Å². The normalized spacial score (nSPS) is 10.1. The van der Waals surface area contributed by atoms with Crippen LogP contribution in [-0.2, 0) is 0 Å². The van der Waals surface area contributed by atoms with Crippen LogP contribution in [0.2, 0.25) is 0 Å². The van der Waals surface area contributed by atoms with Crippen molar-refractivity contribution in [2.75, 3.05) is 5.73 Å². The Balaban J connectivity index is 2.64. The fourth-order valence-electron chi connectivity index (χ4n) is 1.31. The van der Waals surface area contributed by atoms with Crippen LogP contribution >= 0.6 is 0 Å². The monoisotopic (exact) mass is 203 g/mol. The molecule has 2 aromatic rings. The Labute approximate surface area is 85.2 Å². The molecule has 1 aromatic heterocycles. The van der Waals surface area contributed by atoms with Crippen LogP contribution in [0.15, 0.2) is 35.3 Å². The zero-order valence-corrected chi connectivity index (χ0v) is 7.77. The van der Waals surface area contributed by atoms with E-state index in [0.29, 0.717) is 11.1 Å². The molecule has 2 rings (SSSR count). The maximum Gasteiger partial charge on any atom is 0.287 e. The minimum absolute atomic E-state index is 0.0931. The van der Waals surface area contributed by atoms with Crippen LogP contribution in [0.1, 0.15) is 0 Å². The number of nitrogens with two attached hydrogens (primary N) is 1. The van der Waals surface area contributed by atoms with Gasteiger partial charge in [0, 0.05) is 5.56 Å². The van der Waals surface area contributed by atoms with Crippen molar-refractivity contribution in [3.05, 3.63) is 40.8 Å². The van der Waals surface area contributed by atoms with E-state index in [0.717, 1.165) is 0 Å². The van der Waals surface area contributed by atoms with Gasteiger partial charge in [-0.15, -0.1) is 0 Å². The average molecular weight is 203 g/mol. The Morgan fingerprint density at radius 2 is 2.20 bits per heavy atom. The first kappa shape index (κ1) is 9.26. The Bertz CT molecular complexity index is 548. The highest BCUT2D eigenvalue weighted by Gasteiger charge is 2.06. The topological polar surface area (TPSA) is 92.0 Å². The number of hydrogen-bond donors (Lipinski definition) is 3. The summed E-state index contributed by atoms with van der Waals surface area (Å²) in [6.45, 7) is 0. The summed E-state index contributed by atoms with van der Waals surface area (Å²) < 4.78 is 0. The first-order chi connectivity index (χ1) is 7.18. The Morgan fingerprint density at radius 3 is 2.93 bits per heavy atom. The molecule has 0 amide bonds. The molecule has 76 valence electrons. The van der Waals surface area contributed by atoms with Crippen molar-refractivity contribution in [1.82, 2.24) is 10.2 Å². The van der Waals surface area contributed by atoms with E-state index in [9.17, 15) is 9.90 Å². The summed E-state index contributed by atoms with van der Waals surface area (Å²) in [5, 5.41) is 15.2. The predicted molar refractivity (Wildman–Crippen MR) is 56.4 cm³/mol. The fourth-order valence-corrected chi connectivity index (χ4v) is 1.31. The molecule has 4 N–H and O–H groups in total. The van der Waals surface area contributed by atoms with Crippen molar-refractivity contribution in [1.29, 1.82) is 0 Å². The molecule has 5 heteroatoms. The Kier molecular flexibility index (Phi) is 2.13. The fraction of sp³-hybridized carbons (Fsp3) is 0. The highest BCUT2D eigenvalue weighted by molar-refractivity contribution is 5.75. The number of aromatic amines is 1. The maximum atomic E-state index is 11.2. The molecular formula is C10H9N3O2. The van der Waals surface area contributed by atoms with Gasteiger partial charge in [-0.1, -0.05) is 12.1 Å². The van der Waals surface area contributed by atoms with E-state index >= 15 is 0 Å². The van der Waals surface area contributed by atoms with Gasteiger partial charge in [-0.05, 0) is 17.7 Å². The molecule has 0 aliphatic carbocycles. The van der Waals surface area contributed by atoms with Crippen molar-refractivity contribution in [2.45, 2.75) is 0 Å². The first-order valence-electron chi connectivity index (χ1n) is 4.31. The van der Waals surface area contributed by atoms with Gasteiger partial charge in [0.15, 0.2) is 0 Å². The second-order valence-electron chi connectivity index (χ2n) is 3.08. The van der Waals surface area contributed by atoms with Gasteiger partial charge in [0.05, 0.1) is 6.20 Å². The summed E-state index contributed by atoms with van der Waals surface area (Å²) in [5.41, 5.74) is 6.43. The molecule has 5 nitrogen and oxygen atoms in total. The zero-order chi connectivity index (χ0) is 10.8. The lowest BCUT2D eigenvalue weighted by Gasteiger charge is -2.03. The standard InChI is InChI=1S/C10H9N3O2/c11-9-8(5-12-13-10(9)15)6-2-1-3-7(14)4-6/h1-5,14H,(H2,11,12)(H,13,15). The summed E-state index contributed by atoms with van der Waals surface area (Å²) in [6.07, 6.45) is 1.45. The van der Waals surface area contributed by atoms with E-state index in [-0.39, 0.29) is 11.4 Å². The second kappa shape index (κ2) is 3.45. The number of phenols is 1. The lowest BCUT2D eigenvalue weighted by molar-refractivity contribution is 0.475. The van der Waals surface area contributed by atoms with Crippen molar-refractivity contribution in [2.24, 2.45) is 0 Å². The number of rotatable bonds is 1. The maximum absolute atomic E-state index is 11.2. The zero-order valence-electron chi connectivity index (χ0n) is 7.77. The van der Waals surface area contributed by atoms with Gasteiger partial charge >= 0.3 is 0 Å². The third kappa shape index (κ3) is 1.67. The molecule has 0 saturated heterocycles. The van der Waals surface area contributed by atoms with Crippen LogP contribution in [0.25, 0.3) is 11.1 Å². The molecule has 0 unspecified atom stereocenters. The van der Waals surface area contributed by atoms with Crippen LogP contribution in [0.3, 0.4) is 0 Å². The van der Waals surface area contributed by atoms with E-state index in [1.165, 1.54) is 12.3 Å². The largest absolute Gasteiger partial charge is 0.508 e. The quantitative estimate of drug-likeness (QED) is 0.636. The lowest BCUT2D eigenvalue weighted by Crippen LogP contribution is -2.13. The minimum Gasteiger partial charge on any atom is -0.508 e. The van der Waals surface area contributed by atoms with Gasteiger partial charge in [-0.25, -0.2) is 5.10 Å². The van der Waals surface area contributed by atoms with E-state index in [1.807, 2.05) is 0 Å². The molecule has 15 heavy (non-hydrogen) atoms. The third-order valence-corrected chi connectivity index (χ3v) is 2.05. The van der Waals surface area contributed by atoms with E-state index < -0.39 is 5.56 Å². The lowest BCUT2D eigenvalue weighted by atomic mass is 10.1. The average Bonchev–Trinajstić information content (AvgIpc) is 2.22. The van der Waals surface area contributed by atoms with Crippen molar-refractivity contribution in [3.63, 3.8) is 0 Å². The SMILES string of the molecule is Nc1c(-c2cccc(O)c2)cn[nH]c1=O. The van der Waals surface area contributed by atoms with Gasteiger partial charge in [0.2, 0.25) is 0 Å². The molecule has 0 fully saturated rings. The van der Waals surface area contributed by atoms with Crippen LogP contribution in [0.5, 0.6) is 5.75 Å². The number of anilines is 1. The van der Waals surface area contributed by atoms with Crippen LogP contribution in [0.4, 0.5) is 5.69 Å². The summed E-state index contributed by atoms with van der Waals surface area (Å²) >= 11 is 0. The summed E-state index contributed by atoms with van der Waals surface area (Å²) in [7, 11) is 0. The molecule has 0 atom stereocenters. The predicted octanol–water partition coefficient (Wildman–Crippen LogP) is 0.725. The molecule has 0 spiro atoms. The molecule has 1 aromatic carbocycles. The van der Waals surface area contributed by atoms with Crippen LogP contribution < -0.4 is 11.3 Å². The van der Waals surface area contributed by atoms with E-state index in [1.54, 1.807) is 18.2 Å². The van der Waals surface area contributed by atoms with Crippen molar-refractivity contribution in [3.8, 4) is 16.9 Å². The number of nitrogens with one attached hydrogen (secondary N) is 1. The molecule has 0 saturated carbocycles. The smallest absolute Gasteiger partial charge is 0.287 e. The third-order valence-electron chi connectivity index (χ3n) is 2.05. The number of H-pyrrole nitrogens is 1. The molecular weight excluding hydrogens is 194 g/mol. The summed E-state index contributed by atoms with van der Waals surface area (Å²) in [5.74, 6) is 0.118. The number of hydrogen-bond acceptors (Lipinski definition) is 4. The molecule has 0 bridgehead atoms. The first-order valence-corrected chi connectivity index (χ1v) is 4.31. The van der Waals surface area contributed by atoms with Crippen LogP contribution in [0, 0.1) is 0 Å². The Hall–Kier alpha value is -2.30. The highest BCUT2D eigenvalue weighted by atomic mass is 16.3. The van der Waals surface area contributed by atoms with Gasteiger partial charge in [-0.3, -0.25) is 4.79 Å². The van der Waals surface area contributed by atoms with E-state index in [4.69, 9.17) is 5.73 Å². The van der Waals surface area contributed by atoms with Crippen molar-refractivity contribution < 1.29 is 5.11 Å².